The third-order valence-electron chi connectivity index (χ3n) is 2.72. The monoisotopic (exact) mass is 490 g/mol. The SMILES string of the molecule is O=C(O)/C(=C/c1cc(Br)c(I)o1)Sc1nc2ccccc2[nH]1. The molecule has 0 aliphatic heterocycles. The van der Waals surface area contributed by atoms with Crippen molar-refractivity contribution >= 4 is 73.4 Å². The van der Waals surface area contributed by atoms with Gasteiger partial charge in [-0.05, 0) is 45.9 Å². The van der Waals surface area contributed by atoms with Gasteiger partial charge in [-0.15, -0.1) is 0 Å². The Labute approximate surface area is 151 Å². The van der Waals surface area contributed by atoms with E-state index in [4.69, 9.17) is 4.42 Å². The average Bonchev–Trinajstić information content (AvgIpc) is 3.01. The van der Waals surface area contributed by atoms with Gasteiger partial charge in [0.25, 0.3) is 0 Å². The fourth-order valence-corrected chi connectivity index (χ4v) is 3.27. The van der Waals surface area contributed by atoms with E-state index in [1.807, 2.05) is 46.9 Å². The van der Waals surface area contributed by atoms with Gasteiger partial charge >= 0.3 is 5.97 Å². The minimum absolute atomic E-state index is 0.122. The number of para-hydroxylation sites is 2. The fraction of sp³-hybridized carbons (Fsp3) is 0. The lowest BCUT2D eigenvalue weighted by molar-refractivity contribution is -0.131. The zero-order chi connectivity index (χ0) is 15.7. The Hall–Kier alpha value is -1.26. The maximum absolute atomic E-state index is 11.4. The molecule has 0 aliphatic carbocycles. The van der Waals surface area contributed by atoms with Crippen LogP contribution in [-0.2, 0) is 4.79 Å². The molecule has 0 unspecified atom stereocenters. The minimum Gasteiger partial charge on any atom is -0.477 e. The van der Waals surface area contributed by atoms with Crippen molar-refractivity contribution in [3.63, 3.8) is 0 Å². The number of carboxylic acid groups (broad SMARTS) is 1. The summed E-state index contributed by atoms with van der Waals surface area (Å²) in [5.74, 6) is -0.565. The van der Waals surface area contributed by atoms with Crippen LogP contribution in [0.3, 0.4) is 0 Å². The third kappa shape index (κ3) is 3.39. The van der Waals surface area contributed by atoms with Crippen molar-refractivity contribution < 1.29 is 14.3 Å². The van der Waals surface area contributed by atoms with Crippen molar-refractivity contribution in [2.75, 3.05) is 0 Å². The van der Waals surface area contributed by atoms with Crippen LogP contribution in [-0.4, -0.2) is 21.0 Å². The highest BCUT2D eigenvalue weighted by Crippen LogP contribution is 2.30. The maximum atomic E-state index is 11.4. The highest BCUT2D eigenvalue weighted by atomic mass is 127. The topological polar surface area (TPSA) is 79.1 Å². The van der Waals surface area contributed by atoms with Gasteiger partial charge in [0.1, 0.15) is 10.7 Å². The summed E-state index contributed by atoms with van der Waals surface area (Å²) < 4.78 is 6.91. The zero-order valence-corrected chi connectivity index (χ0v) is 15.4. The number of H-pyrrole nitrogens is 1. The van der Waals surface area contributed by atoms with Gasteiger partial charge in [0.05, 0.1) is 15.5 Å². The molecule has 0 atom stereocenters. The van der Waals surface area contributed by atoms with E-state index in [0.717, 1.165) is 27.3 Å². The molecule has 3 rings (SSSR count). The summed E-state index contributed by atoms with van der Waals surface area (Å²) in [6.45, 7) is 0. The lowest BCUT2D eigenvalue weighted by Gasteiger charge is -1.98. The molecular formula is C14H8BrIN2O3S. The molecule has 112 valence electrons. The molecule has 3 aromatic rings. The van der Waals surface area contributed by atoms with Crippen LogP contribution >= 0.6 is 50.3 Å². The second-order valence-electron chi connectivity index (χ2n) is 4.25. The van der Waals surface area contributed by atoms with Gasteiger partial charge in [-0.1, -0.05) is 12.1 Å². The summed E-state index contributed by atoms with van der Waals surface area (Å²) in [4.78, 5) is 19.0. The van der Waals surface area contributed by atoms with E-state index in [2.05, 4.69) is 25.9 Å². The minimum atomic E-state index is -1.03. The molecule has 0 saturated heterocycles. The second kappa shape index (κ2) is 6.47. The summed E-state index contributed by atoms with van der Waals surface area (Å²) in [7, 11) is 0. The van der Waals surface area contributed by atoms with E-state index in [-0.39, 0.29) is 4.91 Å². The quantitative estimate of drug-likeness (QED) is 0.313. The molecule has 2 aromatic heterocycles. The van der Waals surface area contributed by atoms with Gasteiger partial charge in [0.2, 0.25) is 0 Å². The summed E-state index contributed by atoms with van der Waals surface area (Å²) in [6, 6.07) is 9.26. The van der Waals surface area contributed by atoms with Crippen molar-refractivity contribution in [3.8, 4) is 0 Å². The largest absolute Gasteiger partial charge is 0.477 e. The summed E-state index contributed by atoms with van der Waals surface area (Å²) in [5, 5.41) is 9.88. The van der Waals surface area contributed by atoms with Crippen molar-refractivity contribution in [2.45, 2.75) is 5.16 Å². The van der Waals surface area contributed by atoms with Crippen molar-refractivity contribution in [3.05, 3.63) is 49.2 Å². The highest BCUT2D eigenvalue weighted by molar-refractivity contribution is 14.1. The normalized spacial score (nSPS) is 12.0. The summed E-state index contributed by atoms with van der Waals surface area (Å²) in [6.07, 6.45) is 1.48. The second-order valence-corrected chi connectivity index (χ2v) is 7.11. The maximum Gasteiger partial charge on any atom is 0.342 e. The van der Waals surface area contributed by atoms with E-state index in [9.17, 15) is 9.90 Å². The number of hydrogen-bond acceptors (Lipinski definition) is 4. The lowest BCUT2D eigenvalue weighted by atomic mass is 10.3. The number of aromatic nitrogens is 2. The molecule has 0 radical (unpaired) electrons. The number of aliphatic carboxylic acids is 1. The number of nitrogens with zero attached hydrogens (tertiary/aromatic N) is 1. The Morgan fingerprint density at radius 2 is 2.23 bits per heavy atom. The molecule has 0 spiro atoms. The van der Waals surface area contributed by atoms with Gasteiger partial charge in [0, 0.05) is 28.7 Å². The number of rotatable bonds is 4. The van der Waals surface area contributed by atoms with Gasteiger partial charge in [-0.25, -0.2) is 9.78 Å². The fourth-order valence-electron chi connectivity index (χ4n) is 1.78. The van der Waals surface area contributed by atoms with Crippen molar-refractivity contribution in [2.24, 2.45) is 0 Å². The van der Waals surface area contributed by atoms with Crippen LogP contribution in [0.1, 0.15) is 5.76 Å². The predicted molar refractivity (Wildman–Crippen MR) is 96.7 cm³/mol. The molecule has 8 heteroatoms. The average molecular weight is 491 g/mol. The Kier molecular flexibility index (Phi) is 4.59. The van der Waals surface area contributed by atoms with Gasteiger partial charge in [0.15, 0.2) is 8.92 Å². The van der Waals surface area contributed by atoms with Crippen molar-refractivity contribution in [1.29, 1.82) is 0 Å². The Bertz CT molecular complexity index is 835. The molecule has 5 nitrogen and oxygen atoms in total. The number of furan rings is 1. The molecular weight excluding hydrogens is 483 g/mol. The molecule has 0 saturated carbocycles. The Balaban J connectivity index is 1.92. The van der Waals surface area contributed by atoms with Crippen LogP contribution < -0.4 is 0 Å². The van der Waals surface area contributed by atoms with E-state index < -0.39 is 5.97 Å². The first kappa shape index (κ1) is 15.6. The Morgan fingerprint density at radius 3 is 2.86 bits per heavy atom. The van der Waals surface area contributed by atoms with Crippen LogP contribution in [0.2, 0.25) is 0 Å². The molecule has 22 heavy (non-hydrogen) atoms. The number of aromatic amines is 1. The highest BCUT2D eigenvalue weighted by Gasteiger charge is 2.14. The first-order valence-electron chi connectivity index (χ1n) is 6.05. The van der Waals surface area contributed by atoms with Gasteiger partial charge < -0.3 is 14.5 Å². The van der Waals surface area contributed by atoms with Crippen LogP contribution in [0.25, 0.3) is 17.1 Å². The number of benzene rings is 1. The zero-order valence-electron chi connectivity index (χ0n) is 10.8. The number of hydrogen-bond donors (Lipinski definition) is 2. The number of carboxylic acids is 1. The van der Waals surface area contributed by atoms with Crippen LogP contribution in [0.15, 0.2) is 49.3 Å². The van der Waals surface area contributed by atoms with E-state index in [1.54, 1.807) is 6.07 Å². The van der Waals surface area contributed by atoms with E-state index >= 15 is 0 Å². The number of fused-ring (bicyclic) bond motifs is 1. The molecule has 0 aliphatic rings. The van der Waals surface area contributed by atoms with Crippen molar-refractivity contribution in [1.82, 2.24) is 9.97 Å². The molecule has 2 heterocycles. The molecule has 2 N–H and O–H groups in total. The van der Waals surface area contributed by atoms with Crippen LogP contribution in [0.5, 0.6) is 0 Å². The van der Waals surface area contributed by atoms with Crippen LogP contribution in [0, 0.1) is 3.77 Å². The summed E-state index contributed by atoms with van der Waals surface area (Å²) >= 11 is 6.41. The molecule has 0 fully saturated rings. The number of imidazole rings is 1. The van der Waals surface area contributed by atoms with Crippen LogP contribution in [0.4, 0.5) is 0 Å². The smallest absolute Gasteiger partial charge is 0.342 e. The first-order valence-corrected chi connectivity index (χ1v) is 8.74. The molecule has 0 amide bonds. The number of nitrogens with one attached hydrogen (secondary N) is 1. The summed E-state index contributed by atoms with van der Waals surface area (Å²) in [5.41, 5.74) is 1.66. The molecule has 0 bridgehead atoms. The third-order valence-corrected chi connectivity index (χ3v) is 5.75. The number of thioether (sulfide) groups is 1. The Morgan fingerprint density at radius 1 is 1.45 bits per heavy atom. The molecule has 1 aromatic carbocycles. The predicted octanol–water partition coefficient (Wildman–Crippen LogP) is 4.74. The van der Waals surface area contributed by atoms with E-state index in [1.165, 1.54) is 6.08 Å². The van der Waals surface area contributed by atoms with Gasteiger partial charge in [-0.3, -0.25) is 0 Å². The van der Waals surface area contributed by atoms with Gasteiger partial charge in [-0.2, -0.15) is 0 Å². The number of carbonyl (C=O) groups is 1. The van der Waals surface area contributed by atoms with E-state index in [0.29, 0.717) is 14.7 Å². The number of halogens is 2. The first-order chi connectivity index (χ1) is 10.5. The lowest BCUT2D eigenvalue weighted by Crippen LogP contribution is -1.96. The standard InChI is InChI=1S/C14H8BrIN2O3S/c15-8-5-7(21-12(8)16)6-11(13(19)20)22-14-17-9-3-1-2-4-10(9)18-14/h1-6H,(H,17,18)(H,19,20)/b11-6-.